The Morgan fingerprint density at radius 1 is 1.32 bits per heavy atom. The van der Waals surface area contributed by atoms with E-state index in [1.807, 2.05) is 0 Å². The third-order valence-corrected chi connectivity index (χ3v) is 5.02. The van der Waals surface area contributed by atoms with Crippen LogP contribution in [0.25, 0.3) is 0 Å². The molecule has 0 aromatic heterocycles. The van der Waals surface area contributed by atoms with Crippen LogP contribution in [0.1, 0.15) is 46.0 Å². The van der Waals surface area contributed by atoms with Crippen LogP contribution in [0.3, 0.4) is 0 Å². The summed E-state index contributed by atoms with van der Waals surface area (Å²) in [6.45, 7) is 5.48. The monoisotopic (exact) mass is 264 g/mol. The van der Waals surface area contributed by atoms with Gasteiger partial charge >= 0.3 is 0 Å². The van der Waals surface area contributed by atoms with Crippen LogP contribution in [0.15, 0.2) is 0 Å². The van der Waals surface area contributed by atoms with Crippen LogP contribution in [0.5, 0.6) is 0 Å². The number of ether oxygens (including phenoxy) is 1. The first-order chi connectivity index (χ1) is 9.09. The van der Waals surface area contributed by atoms with Crippen molar-refractivity contribution in [2.24, 2.45) is 17.3 Å². The lowest BCUT2D eigenvalue weighted by Gasteiger charge is -2.37. The molecular formula is C15H24N2O2. The number of nitriles is 1. The third kappa shape index (κ3) is 2.92. The lowest BCUT2D eigenvalue weighted by atomic mass is 9.76. The van der Waals surface area contributed by atoms with Crippen molar-refractivity contribution in [3.8, 4) is 6.07 Å². The zero-order chi connectivity index (χ0) is 13.9. The van der Waals surface area contributed by atoms with Gasteiger partial charge in [-0.15, -0.1) is 0 Å². The molecule has 1 saturated heterocycles. The molecule has 1 heterocycles. The highest BCUT2D eigenvalue weighted by molar-refractivity contribution is 5.85. The van der Waals surface area contributed by atoms with Crippen LogP contribution in [-0.2, 0) is 9.53 Å². The lowest BCUT2D eigenvalue weighted by molar-refractivity contribution is -0.133. The van der Waals surface area contributed by atoms with E-state index in [0.717, 1.165) is 6.42 Å². The molecule has 106 valence electrons. The molecule has 0 aromatic carbocycles. The van der Waals surface area contributed by atoms with E-state index < -0.39 is 5.41 Å². The van der Waals surface area contributed by atoms with Gasteiger partial charge in [-0.1, -0.05) is 26.7 Å². The highest BCUT2D eigenvalue weighted by Gasteiger charge is 2.42. The number of nitrogens with one attached hydrogen (secondary N) is 1. The van der Waals surface area contributed by atoms with Gasteiger partial charge in [0.05, 0.1) is 6.07 Å². The van der Waals surface area contributed by atoms with Gasteiger partial charge in [-0.25, -0.2) is 0 Å². The minimum Gasteiger partial charge on any atom is -0.381 e. The van der Waals surface area contributed by atoms with Gasteiger partial charge in [0.1, 0.15) is 5.41 Å². The summed E-state index contributed by atoms with van der Waals surface area (Å²) >= 11 is 0. The zero-order valence-corrected chi connectivity index (χ0v) is 11.9. The Kier molecular flexibility index (Phi) is 4.46. The second-order valence-corrected chi connectivity index (χ2v) is 6.15. The van der Waals surface area contributed by atoms with E-state index in [4.69, 9.17) is 4.74 Å². The summed E-state index contributed by atoms with van der Waals surface area (Å²) in [5.41, 5.74) is -0.862. The molecule has 1 saturated carbocycles. The van der Waals surface area contributed by atoms with Crippen molar-refractivity contribution in [1.29, 1.82) is 5.26 Å². The summed E-state index contributed by atoms with van der Waals surface area (Å²) < 4.78 is 5.27. The van der Waals surface area contributed by atoms with Crippen LogP contribution in [0.2, 0.25) is 0 Å². The van der Waals surface area contributed by atoms with Crippen LogP contribution in [-0.4, -0.2) is 25.2 Å². The van der Waals surface area contributed by atoms with Crippen molar-refractivity contribution >= 4 is 5.91 Å². The number of hydrogen-bond acceptors (Lipinski definition) is 3. The smallest absolute Gasteiger partial charge is 0.240 e. The first kappa shape index (κ1) is 14.3. The molecule has 3 unspecified atom stereocenters. The zero-order valence-electron chi connectivity index (χ0n) is 11.9. The standard InChI is InChI=1S/C15H24N2O2/c1-11-4-3-5-13(12(11)2)17-14(18)15(10-16)6-8-19-9-7-15/h11-13H,3-9H2,1-2H3,(H,17,18). The van der Waals surface area contributed by atoms with Crippen molar-refractivity contribution < 1.29 is 9.53 Å². The first-order valence-electron chi connectivity index (χ1n) is 7.39. The molecular weight excluding hydrogens is 240 g/mol. The Bertz CT molecular complexity index is 369. The SMILES string of the molecule is CC1CCCC(NC(=O)C2(C#N)CCOCC2)C1C. The van der Waals surface area contributed by atoms with Gasteiger partial charge in [0, 0.05) is 19.3 Å². The Morgan fingerprint density at radius 3 is 2.63 bits per heavy atom. The molecule has 1 aliphatic carbocycles. The molecule has 2 rings (SSSR count). The minimum absolute atomic E-state index is 0.0794. The average molecular weight is 264 g/mol. The molecule has 1 aliphatic heterocycles. The Hall–Kier alpha value is -1.08. The molecule has 3 atom stereocenters. The van der Waals surface area contributed by atoms with E-state index in [1.54, 1.807) is 0 Å². The van der Waals surface area contributed by atoms with E-state index in [0.29, 0.717) is 37.9 Å². The molecule has 0 bridgehead atoms. The number of nitrogens with zero attached hydrogens (tertiary/aromatic N) is 1. The first-order valence-corrected chi connectivity index (χ1v) is 7.39. The quantitative estimate of drug-likeness (QED) is 0.832. The summed E-state index contributed by atoms with van der Waals surface area (Å²) in [6.07, 6.45) is 4.48. The predicted molar refractivity (Wildman–Crippen MR) is 72.2 cm³/mol. The topological polar surface area (TPSA) is 62.1 Å². The lowest BCUT2D eigenvalue weighted by Crippen LogP contribution is -2.51. The predicted octanol–water partition coefficient (Wildman–Crippen LogP) is 2.25. The van der Waals surface area contributed by atoms with Crippen molar-refractivity contribution in [2.75, 3.05) is 13.2 Å². The maximum atomic E-state index is 12.5. The second kappa shape index (κ2) is 5.92. The molecule has 0 radical (unpaired) electrons. The van der Waals surface area contributed by atoms with E-state index in [-0.39, 0.29) is 11.9 Å². The second-order valence-electron chi connectivity index (χ2n) is 6.15. The molecule has 4 nitrogen and oxygen atoms in total. The van der Waals surface area contributed by atoms with Crippen molar-refractivity contribution in [1.82, 2.24) is 5.32 Å². The Balaban J connectivity index is 2.01. The molecule has 1 amide bonds. The summed E-state index contributed by atoms with van der Waals surface area (Å²) in [6, 6.07) is 2.47. The van der Waals surface area contributed by atoms with Gasteiger partial charge < -0.3 is 10.1 Å². The molecule has 0 aromatic rings. The number of carbonyl (C=O) groups is 1. The summed E-state index contributed by atoms with van der Waals surface area (Å²) in [4.78, 5) is 12.5. The van der Waals surface area contributed by atoms with Gasteiger partial charge in [-0.2, -0.15) is 5.26 Å². The molecule has 0 spiro atoms. The van der Waals surface area contributed by atoms with Crippen molar-refractivity contribution in [3.05, 3.63) is 0 Å². The summed E-state index contributed by atoms with van der Waals surface area (Å²) in [5.74, 6) is 1.06. The van der Waals surface area contributed by atoms with Crippen LogP contribution < -0.4 is 5.32 Å². The molecule has 2 aliphatic rings. The molecule has 1 N–H and O–H groups in total. The number of carbonyl (C=O) groups excluding carboxylic acids is 1. The van der Waals surface area contributed by atoms with Crippen molar-refractivity contribution in [3.63, 3.8) is 0 Å². The van der Waals surface area contributed by atoms with Gasteiger partial charge in [0.25, 0.3) is 0 Å². The largest absolute Gasteiger partial charge is 0.381 e. The van der Waals surface area contributed by atoms with Crippen LogP contribution in [0.4, 0.5) is 0 Å². The normalized spacial score (nSPS) is 34.3. The fraction of sp³-hybridized carbons (Fsp3) is 0.867. The number of amides is 1. The highest BCUT2D eigenvalue weighted by Crippen LogP contribution is 2.33. The molecule has 2 fully saturated rings. The van der Waals surface area contributed by atoms with E-state index in [2.05, 4.69) is 25.2 Å². The average Bonchev–Trinajstić information content (AvgIpc) is 2.44. The van der Waals surface area contributed by atoms with E-state index in [1.165, 1.54) is 12.8 Å². The van der Waals surface area contributed by atoms with Crippen LogP contribution >= 0.6 is 0 Å². The number of rotatable bonds is 2. The minimum atomic E-state index is -0.862. The maximum Gasteiger partial charge on any atom is 0.240 e. The van der Waals surface area contributed by atoms with E-state index >= 15 is 0 Å². The third-order valence-electron chi connectivity index (χ3n) is 5.02. The van der Waals surface area contributed by atoms with Gasteiger partial charge in [-0.3, -0.25) is 4.79 Å². The molecule has 4 heteroatoms. The Labute approximate surface area is 115 Å². The molecule has 19 heavy (non-hydrogen) atoms. The van der Waals surface area contributed by atoms with Gasteiger partial charge in [-0.05, 0) is 31.1 Å². The van der Waals surface area contributed by atoms with Crippen molar-refractivity contribution in [2.45, 2.75) is 52.0 Å². The Morgan fingerprint density at radius 2 is 2.00 bits per heavy atom. The van der Waals surface area contributed by atoms with E-state index in [9.17, 15) is 10.1 Å². The van der Waals surface area contributed by atoms with Crippen LogP contribution in [0, 0.1) is 28.6 Å². The summed E-state index contributed by atoms with van der Waals surface area (Å²) in [7, 11) is 0. The highest BCUT2D eigenvalue weighted by atomic mass is 16.5. The van der Waals surface area contributed by atoms with Gasteiger partial charge in [0.15, 0.2) is 0 Å². The maximum absolute atomic E-state index is 12.5. The number of hydrogen-bond donors (Lipinski definition) is 1. The fourth-order valence-corrected chi connectivity index (χ4v) is 3.20. The van der Waals surface area contributed by atoms with Gasteiger partial charge in [0.2, 0.25) is 5.91 Å². The summed E-state index contributed by atoms with van der Waals surface area (Å²) in [5, 5.41) is 12.5. The fourth-order valence-electron chi connectivity index (χ4n) is 3.20.